The molecule has 0 aliphatic heterocycles. The minimum Gasteiger partial charge on any atom is -0.491 e. The maximum absolute atomic E-state index is 11.9. The first-order valence-electron chi connectivity index (χ1n) is 7.17. The van der Waals surface area contributed by atoms with Gasteiger partial charge < -0.3 is 15.2 Å². The fourth-order valence-corrected chi connectivity index (χ4v) is 1.54. The molecule has 2 atom stereocenters. The van der Waals surface area contributed by atoms with Crippen LogP contribution in [-0.2, 0) is 0 Å². The van der Waals surface area contributed by atoms with Crippen molar-refractivity contribution in [2.75, 3.05) is 6.54 Å². The summed E-state index contributed by atoms with van der Waals surface area (Å²) in [7, 11) is 0. The van der Waals surface area contributed by atoms with Crippen LogP contribution in [0.2, 0.25) is 0 Å². The Hall–Kier alpha value is -1.55. The smallest absolute Gasteiger partial charge is 0.251 e. The lowest BCUT2D eigenvalue weighted by molar-refractivity contribution is 0.0871. The number of hydrogen-bond donors (Lipinski definition) is 2. The number of benzene rings is 1. The summed E-state index contributed by atoms with van der Waals surface area (Å²) in [6.07, 6.45) is 0.581. The van der Waals surface area contributed by atoms with E-state index in [0.717, 1.165) is 12.2 Å². The summed E-state index contributed by atoms with van der Waals surface area (Å²) in [5.74, 6) is 0.708. The van der Waals surface area contributed by atoms with E-state index in [1.807, 2.05) is 20.8 Å². The number of carbonyl (C=O) groups is 1. The molecule has 0 bridgehead atoms. The fourth-order valence-electron chi connectivity index (χ4n) is 1.54. The largest absolute Gasteiger partial charge is 0.491 e. The Morgan fingerprint density at radius 1 is 1.25 bits per heavy atom. The molecule has 4 heteroatoms. The third kappa shape index (κ3) is 5.21. The van der Waals surface area contributed by atoms with E-state index in [2.05, 4.69) is 12.2 Å². The van der Waals surface area contributed by atoms with Gasteiger partial charge in [0.1, 0.15) is 5.75 Å². The third-order valence-electron chi connectivity index (χ3n) is 3.27. The van der Waals surface area contributed by atoms with Crippen molar-refractivity contribution in [1.82, 2.24) is 5.32 Å². The normalized spacial score (nSPS) is 13.9. The predicted octanol–water partition coefficient (Wildman–Crippen LogP) is 2.61. The first-order chi connectivity index (χ1) is 9.43. The molecule has 20 heavy (non-hydrogen) atoms. The molecule has 0 saturated carbocycles. The van der Waals surface area contributed by atoms with Gasteiger partial charge in [0, 0.05) is 12.1 Å². The second-order valence-corrected chi connectivity index (χ2v) is 5.38. The predicted molar refractivity (Wildman–Crippen MR) is 80.0 cm³/mol. The lowest BCUT2D eigenvalue weighted by atomic mass is 10.1. The number of aliphatic hydroxyl groups excluding tert-OH is 1. The van der Waals surface area contributed by atoms with Crippen LogP contribution in [0.1, 0.15) is 44.5 Å². The van der Waals surface area contributed by atoms with Gasteiger partial charge in [-0.05, 0) is 43.5 Å². The molecule has 0 aliphatic rings. The van der Waals surface area contributed by atoms with E-state index in [-0.39, 0.29) is 24.5 Å². The van der Waals surface area contributed by atoms with Gasteiger partial charge in [-0.15, -0.1) is 0 Å². The Kier molecular flexibility index (Phi) is 6.52. The highest BCUT2D eigenvalue weighted by molar-refractivity contribution is 5.94. The molecule has 0 heterocycles. The molecule has 1 rings (SSSR count). The van der Waals surface area contributed by atoms with Gasteiger partial charge >= 0.3 is 0 Å². The fraction of sp³-hybridized carbons (Fsp3) is 0.562. The number of aliphatic hydroxyl groups is 1. The van der Waals surface area contributed by atoms with Crippen molar-refractivity contribution in [1.29, 1.82) is 0 Å². The van der Waals surface area contributed by atoms with E-state index in [9.17, 15) is 9.90 Å². The SMILES string of the molecule is CCC(C)Oc1ccc(C(=O)NCC(O)C(C)C)cc1. The lowest BCUT2D eigenvalue weighted by Crippen LogP contribution is -2.34. The summed E-state index contributed by atoms with van der Waals surface area (Å²) >= 11 is 0. The summed E-state index contributed by atoms with van der Waals surface area (Å²) < 4.78 is 5.66. The van der Waals surface area contributed by atoms with E-state index in [1.165, 1.54) is 0 Å². The molecule has 0 saturated heterocycles. The van der Waals surface area contributed by atoms with E-state index >= 15 is 0 Å². The van der Waals surface area contributed by atoms with Gasteiger partial charge in [0.2, 0.25) is 0 Å². The maximum atomic E-state index is 11.9. The van der Waals surface area contributed by atoms with Gasteiger partial charge in [0.05, 0.1) is 12.2 Å². The Morgan fingerprint density at radius 2 is 1.85 bits per heavy atom. The second kappa shape index (κ2) is 7.90. The molecule has 1 amide bonds. The van der Waals surface area contributed by atoms with Gasteiger partial charge in [-0.25, -0.2) is 0 Å². The van der Waals surface area contributed by atoms with Crippen LogP contribution >= 0.6 is 0 Å². The minimum atomic E-state index is -0.521. The van der Waals surface area contributed by atoms with Crippen LogP contribution in [0.4, 0.5) is 0 Å². The van der Waals surface area contributed by atoms with Crippen LogP contribution in [0.5, 0.6) is 5.75 Å². The van der Waals surface area contributed by atoms with Gasteiger partial charge in [0.25, 0.3) is 5.91 Å². The van der Waals surface area contributed by atoms with Gasteiger partial charge in [0.15, 0.2) is 0 Å². The van der Waals surface area contributed by atoms with Crippen molar-refractivity contribution in [3.8, 4) is 5.75 Å². The van der Waals surface area contributed by atoms with Gasteiger partial charge in [-0.3, -0.25) is 4.79 Å². The van der Waals surface area contributed by atoms with E-state index in [0.29, 0.717) is 5.56 Å². The van der Waals surface area contributed by atoms with Crippen LogP contribution in [0.3, 0.4) is 0 Å². The van der Waals surface area contributed by atoms with Crippen molar-refractivity contribution in [2.45, 2.75) is 46.3 Å². The first-order valence-corrected chi connectivity index (χ1v) is 7.17. The van der Waals surface area contributed by atoms with Crippen LogP contribution in [0.25, 0.3) is 0 Å². The number of carbonyl (C=O) groups excluding carboxylic acids is 1. The van der Waals surface area contributed by atoms with Crippen LogP contribution in [0, 0.1) is 5.92 Å². The van der Waals surface area contributed by atoms with Crippen molar-refractivity contribution in [2.24, 2.45) is 5.92 Å². The number of hydrogen-bond acceptors (Lipinski definition) is 3. The molecular formula is C16H25NO3. The number of rotatable bonds is 7. The molecule has 1 aromatic rings. The average molecular weight is 279 g/mol. The molecule has 4 nitrogen and oxygen atoms in total. The molecule has 2 unspecified atom stereocenters. The highest BCUT2D eigenvalue weighted by Crippen LogP contribution is 2.14. The summed E-state index contributed by atoms with van der Waals surface area (Å²) in [6.45, 7) is 8.16. The van der Waals surface area contributed by atoms with Crippen LogP contribution in [-0.4, -0.2) is 29.8 Å². The Labute approximate surface area is 121 Å². The first kappa shape index (κ1) is 16.5. The van der Waals surface area contributed by atoms with E-state index < -0.39 is 6.10 Å². The molecule has 0 fully saturated rings. The third-order valence-corrected chi connectivity index (χ3v) is 3.27. The molecule has 0 spiro atoms. The second-order valence-electron chi connectivity index (χ2n) is 5.38. The minimum absolute atomic E-state index is 0.126. The van der Waals surface area contributed by atoms with Crippen molar-refractivity contribution >= 4 is 5.91 Å². The lowest BCUT2D eigenvalue weighted by Gasteiger charge is -2.15. The van der Waals surface area contributed by atoms with Crippen LogP contribution < -0.4 is 10.1 Å². The van der Waals surface area contributed by atoms with Gasteiger partial charge in [-0.1, -0.05) is 20.8 Å². The zero-order chi connectivity index (χ0) is 15.1. The monoisotopic (exact) mass is 279 g/mol. The Balaban J connectivity index is 2.53. The van der Waals surface area contributed by atoms with Crippen molar-refractivity contribution in [3.05, 3.63) is 29.8 Å². The number of amides is 1. The molecule has 112 valence electrons. The average Bonchev–Trinajstić information content (AvgIpc) is 2.44. The maximum Gasteiger partial charge on any atom is 0.251 e. The quantitative estimate of drug-likeness (QED) is 0.806. The molecule has 2 N–H and O–H groups in total. The highest BCUT2D eigenvalue weighted by atomic mass is 16.5. The van der Waals surface area contributed by atoms with Crippen molar-refractivity contribution in [3.63, 3.8) is 0 Å². The molecule has 0 radical (unpaired) electrons. The molecule has 1 aromatic carbocycles. The summed E-state index contributed by atoms with van der Waals surface area (Å²) in [5, 5.41) is 12.4. The van der Waals surface area contributed by atoms with E-state index in [1.54, 1.807) is 24.3 Å². The van der Waals surface area contributed by atoms with Crippen molar-refractivity contribution < 1.29 is 14.6 Å². The van der Waals surface area contributed by atoms with Crippen LogP contribution in [0.15, 0.2) is 24.3 Å². The van der Waals surface area contributed by atoms with E-state index in [4.69, 9.17) is 4.74 Å². The molecular weight excluding hydrogens is 254 g/mol. The topological polar surface area (TPSA) is 58.6 Å². The zero-order valence-corrected chi connectivity index (χ0v) is 12.7. The molecule has 0 aromatic heterocycles. The summed E-state index contributed by atoms with van der Waals surface area (Å²) in [4.78, 5) is 11.9. The summed E-state index contributed by atoms with van der Waals surface area (Å²) in [5.41, 5.74) is 0.567. The standard InChI is InChI=1S/C16H25NO3/c1-5-12(4)20-14-8-6-13(7-9-14)16(19)17-10-15(18)11(2)3/h6-9,11-12,15,18H,5,10H2,1-4H3,(H,17,19). The number of ether oxygens (including phenoxy) is 1. The Bertz CT molecular complexity index is 414. The van der Waals surface area contributed by atoms with Gasteiger partial charge in [-0.2, -0.15) is 0 Å². The zero-order valence-electron chi connectivity index (χ0n) is 12.7. The highest BCUT2D eigenvalue weighted by Gasteiger charge is 2.12. The number of nitrogens with one attached hydrogen (secondary N) is 1. The Morgan fingerprint density at radius 3 is 2.35 bits per heavy atom. The summed E-state index contributed by atoms with van der Waals surface area (Å²) in [6, 6.07) is 7.05. The molecule has 0 aliphatic carbocycles.